The Hall–Kier alpha value is -2.16. The van der Waals surface area contributed by atoms with Gasteiger partial charge in [0.25, 0.3) is 5.91 Å². The molecule has 1 aromatic carbocycles. The fraction of sp³-hybridized carbons (Fsp3) is 0.652. The molecule has 172 valence electrons. The summed E-state index contributed by atoms with van der Waals surface area (Å²) < 4.78 is 17.0. The van der Waals surface area contributed by atoms with Gasteiger partial charge >= 0.3 is 0 Å². The lowest BCUT2D eigenvalue weighted by Crippen LogP contribution is -2.44. The number of nitrogens with one attached hydrogen (secondary N) is 2. The van der Waals surface area contributed by atoms with E-state index in [0.29, 0.717) is 56.2 Å². The number of benzene rings is 1. The maximum Gasteiger partial charge on any atom is 0.257 e. The third-order valence-corrected chi connectivity index (χ3v) is 6.08. The van der Waals surface area contributed by atoms with E-state index in [0.717, 1.165) is 6.54 Å². The molecule has 0 saturated carbocycles. The number of methoxy groups -OCH3 is 1. The zero-order valence-electron chi connectivity index (χ0n) is 19.0. The van der Waals surface area contributed by atoms with Crippen LogP contribution in [0.25, 0.3) is 0 Å². The number of carbonyl (C=O) groups is 2. The molecule has 0 aliphatic carbocycles. The number of anilines is 1. The quantitative estimate of drug-likeness (QED) is 0.759. The molecule has 0 radical (unpaired) electrons. The second kappa shape index (κ2) is 10.9. The third-order valence-electron chi connectivity index (χ3n) is 6.08. The molecule has 2 amide bonds. The van der Waals surface area contributed by atoms with Gasteiger partial charge in [-0.3, -0.25) is 9.59 Å². The lowest BCUT2D eigenvalue weighted by atomic mass is 9.99. The molecule has 3 atom stereocenters. The number of amides is 2. The number of nitrogens with zero attached hydrogens (tertiary/aromatic N) is 1. The van der Waals surface area contributed by atoms with Crippen molar-refractivity contribution in [2.24, 2.45) is 11.8 Å². The van der Waals surface area contributed by atoms with Crippen LogP contribution in [-0.4, -0.2) is 75.9 Å². The minimum atomic E-state index is -0.160. The van der Waals surface area contributed by atoms with Crippen molar-refractivity contribution < 1.29 is 23.8 Å². The average molecular weight is 434 g/mol. The minimum absolute atomic E-state index is 0.0378. The summed E-state index contributed by atoms with van der Waals surface area (Å²) in [5.41, 5.74) is 1.03. The maximum absolute atomic E-state index is 13.3. The van der Waals surface area contributed by atoms with Crippen molar-refractivity contribution in [3.05, 3.63) is 23.8 Å². The van der Waals surface area contributed by atoms with Crippen LogP contribution in [0, 0.1) is 11.8 Å². The van der Waals surface area contributed by atoms with E-state index < -0.39 is 0 Å². The van der Waals surface area contributed by atoms with E-state index in [9.17, 15) is 9.59 Å². The molecule has 8 heteroatoms. The first-order valence-electron chi connectivity index (χ1n) is 11.1. The monoisotopic (exact) mass is 433 g/mol. The van der Waals surface area contributed by atoms with Gasteiger partial charge in [0, 0.05) is 58.1 Å². The van der Waals surface area contributed by atoms with Crippen molar-refractivity contribution in [3.8, 4) is 5.75 Å². The Morgan fingerprint density at radius 2 is 2.00 bits per heavy atom. The van der Waals surface area contributed by atoms with Gasteiger partial charge in [-0.2, -0.15) is 0 Å². The van der Waals surface area contributed by atoms with E-state index >= 15 is 0 Å². The van der Waals surface area contributed by atoms with Crippen molar-refractivity contribution in [2.45, 2.75) is 38.8 Å². The highest BCUT2D eigenvalue weighted by atomic mass is 16.5. The highest BCUT2D eigenvalue weighted by Crippen LogP contribution is 2.26. The molecule has 2 N–H and O–H groups in total. The van der Waals surface area contributed by atoms with Crippen molar-refractivity contribution in [3.63, 3.8) is 0 Å². The Morgan fingerprint density at radius 1 is 1.26 bits per heavy atom. The fourth-order valence-electron chi connectivity index (χ4n) is 3.94. The molecule has 1 saturated heterocycles. The van der Waals surface area contributed by atoms with Gasteiger partial charge in [0.05, 0.1) is 11.7 Å². The molecule has 0 bridgehead atoms. The van der Waals surface area contributed by atoms with Gasteiger partial charge in [-0.25, -0.2) is 0 Å². The first-order valence-corrected chi connectivity index (χ1v) is 11.1. The second-order valence-corrected chi connectivity index (χ2v) is 8.64. The number of fused-ring (bicyclic) bond motifs is 1. The predicted octanol–water partition coefficient (Wildman–Crippen LogP) is 2.15. The molecule has 0 spiro atoms. The van der Waals surface area contributed by atoms with E-state index in [4.69, 9.17) is 14.2 Å². The first-order chi connectivity index (χ1) is 14.9. The van der Waals surface area contributed by atoms with Crippen LogP contribution in [0.4, 0.5) is 5.69 Å². The van der Waals surface area contributed by atoms with Crippen molar-refractivity contribution >= 4 is 17.5 Å². The smallest absolute Gasteiger partial charge is 0.257 e. The third kappa shape index (κ3) is 6.18. The molecule has 0 unspecified atom stereocenters. The van der Waals surface area contributed by atoms with Crippen LogP contribution in [0.1, 0.15) is 37.0 Å². The van der Waals surface area contributed by atoms with Gasteiger partial charge in [-0.05, 0) is 43.9 Å². The predicted molar refractivity (Wildman–Crippen MR) is 118 cm³/mol. The number of carbonyl (C=O) groups excluding carboxylic acids is 2. The summed E-state index contributed by atoms with van der Waals surface area (Å²) in [5.74, 6) is 0.473. The maximum atomic E-state index is 13.3. The van der Waals surface area contributed by atoms with Crippen LogP contribution in [0.5, 0.6) is 5.75 Å². The molecule has 2 aliphatic heterocycles. The largest absolute Gasteiger partial charge is 0.491 e. The number of hydrogen-bond acceptors (Lipinski definition) is 6. The molecule has 1 fully saturated rings. The van der Waals surface area contributed by atoms with E-state index in [1.54, 1.807) is 37.3 Å². The van der Waals surface area contributed by atoms with Gasteiger partial charge in [-0.1, -0.05) is 6.92 Å². The summed E-state index contributed by atoms with van der Waals surface area (Å²) in [6, 6.07) is 5.37. The zero-order valence-corrected chi connectivity index (χ0v) is 19.0. The Morgan fingerprint density at radius 3 is 2.71 bits per heavy atom. The lowest BCUT2D eigenvalue weighted by molar-refractivity contribution is -0.122. The SMILES string of the molecule is CO[C@H]1CN(C)C(=O)c2cc(NC(=O)C3CCOCC3)ccc2OC[C@H](C)NC[C@@H]1C. The summed E-state index contributed by atoms with van der Waals surface area (Å²) >= 11 is 0. The second-order valence-electron chi connectivity index (χ2n) is 8.64. The highest BCUT2D eigenvalue weighted by molar-refractivity contribution is 5.99. The number of rotatable bonds is 3. The van der Waals surface area contributed by atoms with Gasteiger partial charge in [0.15, 0.2) is 0 Å². The van der Waals surface area contributed by atoms with E-state index in [2.05, 4.69) is 24.5 Å². The summed E-state index contributed by atoms with van der Waals surface area (Å²) in [6.07, 6.45) is 1.33. The molecular weight excluding hydrogens is 398 g/mol. The number of ether oxygens (including phenoxy) is 3. The van der Waals surface area contributed by atoms with Gasteiger partial charge in [-0.15, -0.1) is 0 Å². The average Bonchev–Trinajstić information content (AvgIpc) is 2.79. The number of likely N-dealkylation sites (N-methyl/N-ethyl adjacent to an activating group) is 1. The standard InChI is InChI=1S/C23H35N3O5/c1-15-12-24-16(2)14-31-20-6-5-18(25-22(27)17-7-9-30-10-8-17)11-19(20)23(28)26(3)13-21(15)29-4/h5-6,11,15-17,21,24H,7-10,12-14H2,1-4H3,(H,25,27)/t15-,16-,21-/m0/s1. The summed E-state index contributed by atoms with van der Waals surface area (Å²) in [5, 5.41) is 6.43. The van der Waals surface area contributed by atoms with E-state index in [1.807, 2.05) is 0 Å². The first kappa shape index (κ1) is 23.5. The Labute approximate surface area is 184 Å². The van der Waals surface area contributed by atoms with Crippen LogP contribution in [-0.2, 0) is 14.3 Å². The van der Waals surface area contributed by atoms with Gasteiger partial charge < -0.3 is 29.7 Å². The summed E-state index contributed by atoms with van der Waals surface area (Å²) in [7, 11) is 3.44. The number of hydrogen-bond donors (Lipinski definition) is 2. The molecule has 8 nitrogen and oxygen atoms in total. The van der Waals surface area contributed by atoms with Crippen molar-refractivity contribution in [1.29, 1.82) is 0 Å². The van der Waals surface area contributed by atoms with Crippen molar-refractivity contribution in [2.75, 3.05) is 52.4 Å². The Balaban J connectivity index is 1.83. The molecule has 2 aliphatic rings. The molecular formula is C23H35N3O5. The van der Waals surface area contributed by atoms with E-state index in [-0.39, 0.29) is 35.8 Å². The molecule has 0 aromatic heterocycles. The van der Waals surface area contributed by atoms with Crippen LogP contribution in [0.15, 0.2) is 18.2 Å². The van der Waals surface area contributed by atoms with Crippen molar-refractivity contribution in [1.82, 2.24) is 10.2 Å². The fourth-order valence-corrected chi connectivity index (χ4v) is 3.94. The van der Waals surface area contributed by atoms with Gasteiger partial charge in [0.1, 0.15) is 12.4 Å². The van der Waals surface area contributed by atoms with Crippen LogP contribution >= 0.6 is 0 Å². The van der Waals surface area contributed by atoms with Crippen LogP contribution < -0.4 is 15.4 Å². The molecule has 3 rings (SSSR count). The molecule has 1 aromatic rings. The normalized spacial score (nSPS) is 26.3. The molecule has 31 heavy (non-hydrogen) atoms. The highest BCUT2D eigenvalue weighted by Gasteiger charge is 2.26. The van der Waals surface area contributed by atoms with Gasteiger partial charge in [0.2, 0.25) is 5.91 Å². The minimum Gasteiger partial charge on any atom is -0.491 e. The van der Waals surface area contributed by atoms with Crippen LogP contribution in [0.3, 0.4) is 0 Å². The van der Waals surface area contributed by atoms with E-state index in [1.165, 1.54) is 0 Å². The summed E-state index contributed by atoms with van der Waals surface area (Å²) in [6.45, 7) is 7.03. The summed E-state index contributed by atoms with van der Waals surface area (Å²) in [4.78, 5) is 27.6. The Bertz CT molecular complexity index is 766. The lowest BCUT2D eigenvalue weighted by Gasteiger charge is -2.30. The van der Waals surface area contributed by atoms with Crippen LogP contribution in [0.2, 0.25) is 0 Å². The molecule has 2 heterocycles. The Kier molecular flexibility index (Phi) is 8.28. The zero-order chi connectivity index (χ0) is 22.4. The topological polar surface area (TPSA) is 89.1 Å².